The maximum atomic E-state index is 4.80. The summed E-state index contributed by atoms with van der Waals surface area (Å²) in [5.74, 6) is 0.950. The Hall–Kier alpha value is -3.91. The first-order valence-electron chi connectivity index (χ1n) is 11.2. The predicted octanol–water partition coefficient (Wildman–Crippen LogP) is 7.99. The molecule has 0 fully saturated rings. The number of fused-ring (bicyclic) bond motifs is 6. The predicted molar refractivity (Wildman–Crippen MR) is 133 cm³/mol. The minimum atomic E-state index is -0.0419. The van der Waals surface area contributed by atoms with Crippen molar-refractivity contribution < 1.29 is 0 Å². The van der Waals surface area contributed by atoms with Crippen molar-refractivity contribution in [3.63, 3.8) is 0 Å². The standard InChI is InChI=1S/C30H22N2/c1-30(2)23-13-4-3-11-22(23)28-24(30)17-16-21-20-12-7-9-19-10-8-14-25(27(19)20)32(29(21)28)26-15-5-6-18-31-26/h3-18H,1-2H3. The van der Waals surface area contributed by atoms with Gasteiger partial charge in [-0.2, -0.15) is 0 Å². The molecular weight excluding hydrogens is 388 g/mol. The molecule has 0 bridgehead atoms. The van der Waals surface area contributed by atoms with E-state index >= 15 is 0 Å². The van der Waals surface area contributed by atoms with Gasteiger partial charge in [-0.05, 0) is 45.8 Å². The third kappa shape index (κ3) is 2.12. The van der Waals surface area contributed by atoms with E-state index in [1.165, 1.54) is 55.5 Å². The highest BCUT2D eigenvalue weighted by Crippen LogP contribution is 2.59. The Morgan fingerprint density at radius 2 is 1.44 bits per heavy atom. The summed E-state index contributed by atoms with van der Waals surface area (Å²) < 4.78 is 0. The van der Waals surface area contributed by atoms with Crippen LogP contribution < -0.4 is 4.90 Å². The molecule has 0 radical (unpaired) electrons. The van der Waals surface area contributed by atoms with Gasteiger partial charge >= 0.3 is 0 Å². The molecule has 0 N–H and O–H groups in total. The van der Waals surface area contributed by atoms with Crippen LogP contribution in [-0.4, -0.2) is 4.98 Å². The van der Waals surface area contributed by atoms with Crippen molar-refractivity contribution in [3.05, 3.63) is 108 Å². The molecule has 7 rings (SSSR count). The van der Waals surface area contributed by atoms with Crippen molar-refractivity contribution in [2.24, 2.45) is 0 Å². The molecule has 5 aromatic rings. The van der Waals surface area contributed by atoms with Crippen LogP contribution >= 0.6 is 0 Å². The highest BCUT2D eigenvalue weighted by molar-refractivity contribution is 6.16. The molecule has 2 heteroatoms. The highest BCUT2D eigenvalue weighted by atomic mass is 15.2. The van der Waals surface area contributed by atoms with Crippen LogP contribution in [0.2, 0.25) is 0 Å². The zero-order valence-corrected chi connectivity index (χ0v) is 18.1. The first-order valence-corrected chi connectivity index (χ1v) is 11.2. The molecule has 0 unspecified atom stereocenters. The lowest BCUT2D eigenvalue weighted by molar-refractivity contribution is 0.660. The van der Waals surface area contributed by atoms with Crippen LogP contribution in [0.15, 0.2) is 97.2 Å². The fraction of sp³-hybridized carbons (Fsp3) is 0.100. The Labute approximate surface area is 187 Å². The van der Waals surface area contributed by atoms with Gasteiger partial charge in [0, 0.05) is 28.1 Å². The van der Waals surface area contributed by atoms with Gasteiger partial charge in [-0.3, -0.25) is 4.90 Å². The van der Waals surface area contributed by atoms with E-state index in [0.29, 0.717) is 0 Å². The van der Waals surface area contributed by atoms with Crippen molar-refractivity contribution in [2.45, 2.75) is 19.3 Å². The van der Waals surface area contributed by atoms with E-state index in [9.17, 15) is 0 Å². The van der Waals surface area contributed by atoms with E-state index in [1.54, 1.807) is 0 Å². The van der Waals surface area contributed by atoms with E-state index in [0.717, 1.165) is 5.82 Å². The maximum absolute atomic E-state index is 4.80. The van der Waals surface area contributed by atoms with E-state index in [2.05, 4.69) is 104 Å². The summed E-state index contributed by atoms with van der Waals surface area (Å²) in [7, 11) is 0. The Balaban J connectivity index is 1.69. The van der Waals surface area contributed by atoms with E-state index in [-0.39, 0.29) is 5.41 Å². The SMILES string of the molecule is CC1(C)c2ccccc2-c2c1ccc1c2N(c2ccccn2)c2cccc3cccc-1c23. The zero-order valence-electron chi connectivity index (χ0n) is 18.1. The van der Waals surface area contributed by atoms with Crippen LogP contribution in [0.25, 0.3) is 33.0 Å². The molecule has 0 amide bonds. The number of hydrogen-bond donors (Lipinski definition) is 0. The molecule has 4 aromatic carbocycles. The summed E-state index contributed by atoms with van der Waals surface area (Å²) in [5, 5.41) is 2.55. The first kappa shape index (κ1) is 17.7. The van der Waals surface area contributed by atoms with Crippen LogP contribution in [0.5, 0.6) is 0 Å². The Morgan fingerprint density at radius 3 is 2.28 bits per heavy atom. The normalized spacial score (nSPS) is 14.8. The smallest absolute Gasteiger partial charge is 0.137 e. The first-order chi connectivity index (χ1) is 15.7. The molecule has 1 aromatic heterocycles. The fourth-order valence-electron chi connectivity index (χ4n) is 5.80. The summed E-state index contributed by atoms with van der Waals surface area (Å²) in [6, 6.07) is 32.9. The van der Waals surface area contributed by atoms with Crippen molar-refractivity contribution in [1.29, 1.82) is 0 Å². The van der Waals surface area contributed by atoms with Gasteiger partial charge in [0.15, 0.2) is 0 Å². The summed E-state index contributed by atoms with van der Waals surface area (Å²) >= 11 is 0. The third-order valence-electron chi connectivity index (χ3n) is 7.24. The van der Waals surface area contributed by atoms with Gasteiger partial charge in [-0.15, -0.1) is 0 Å². The molecule has 1 aliphatic carbocycles. The molecule has 0 spiro atoms. The van der Waals surface area contributed by atoms with Crippen LogP contribution in [-0.2, 0) is 5.41 Å². The Bertz CT molecular complexity index is 1540. The lowest BCUT2D eigenvalue weighted by atomic mass is 9.81. The van der Waals surface area contributed by atoms with E-state index < -0.39 is 0 Å². The largest absolute Gasteiger partial charge is 0.293 e. The average Bonchev–Trinajstić information content (AvgIpc) is 3.07. The molecule has 0 saturated heterocycles. The molecule has 1 aliphatic heterocycles. The molecule has 32 heavy (non-hydrogen) atoms. The molecule has 152 valence electrons. The van der Waals surface area contributed by atoms with Crippen molar-refractivity contribution in [2.75, 3.05) is 4.90 Å². The van der Waals surface area contributed by atoms with Gasteiger partial charge in [0.2, 0.25) is 0 Å². The van der Waals surface area contributed by atoms with Gasteiger partial charge < -0.3 is 0 Å². The molecule has 0 saturated carbocycles. The van der Waals surface area contributed by atoms with Crippen LogP contribution in [0.3, 0.4) is 0 Å². The molecule has 2 nitrogen and oxygen atoms in total. The van der Waals surface area contributed by atoms with Crippen molar-refractivity contribution in [1.82, 2.24) is 4.98 Å². The van der Waals surface area contributed by atoms with Crippen LogP contribution in [0.1, 0.15) is 25.0 Å². The second kappa shape index (κ2) is 6.08. The average molecular weight is 411 g/mol. The number of rotatable bonds is 1. The number of hydrogen-bond acceptors (Lipinski definition) is 2. The maximum Gasteiger partial charge on any atom is 0.137 e. The van der Waals surface area contributed by atoms with Crippen LogP contribution in [0, 0.1) is 0 Å². The number of nitrogens with zero attached hydrogens (tertiary/aromatic N) is 2. The zero-order chi connectivity index (χ0) is 21.4. The lowest BCUT2D eigenvalue weighted by Gasteiger charge is -2.35. The van der Waals surface area contributed by atoms with Gasteiger partial charge in [-0.1, -0.05) is 86.6 Å². The third-order valence-corrected chi connectivity index (χ3v) is 7.24. The molecule has 2 heterocycles. The summed E-state index contributed by atoms with van der Waals surface area (Å²) in [6.45, 7) is 4.68. The number of anilines is 3. The molecule has 2 aliphatic rings. The van der Waals surface area contributed by atoms with Crippen molar-refractivity contribution >= 4 is 28.0 Å². The summed E-state index contributed by atoms with van der Waals surface area (Å²) in [4.78, 5) is 7.18. The second-order valence-corrected chi connectivity index (χ2v) is 9.26. The van der Waals surface area contributed by atoms with Gasteiger partial charge in [-0.25, -0.2) is 4.98 Å². The summed E-state index contributed by atoms with van der Waals surface area (Å²) in [5.41, 5.74) is 10.4. The topological polar surface area (TPSA) is 16.1 Å². The van der Waals surface area contributed by atoms with Gasteiger partial charge in [0.25, 0.3) is 0 Å². The Kier molecular flexibility index (Phi) is 3.37. The van der Waals surface area contributed by atoms with Crippen molar-refractivity contribution in [3.8, 4) is 22.3 Å². The minimum absolute atomic E-state index is 0.0419. The van der Waals surface area contributed by atoms with Gasteiger partial charge in [0.05, 0.1) is 11.4 Å². The quantitative estimate of drug-likeness (QED) is 0.273. The van der Waals surface area contributed by atoms with E-state index in [1.807, 2.05) is 12.3 Å². The monoisotopic (exact) mass is 410 g/mol. The number of aromatic nitrogens is 1. The summed E-state index contributed by atoms with van der Waals surface area (Å²) in [6.07, 6.45) is 1.89. The molecular formula is C30H22N2. The fourth-order valence-corrected chi connectivity index (χ4v) is 5.80. The lowest BCUT2D eigenvalue weighted by Crippen LogP contribution is -2.19. The number of pyridine rings is 1. The minimum Gasteiger partial charge on any atom is -0.293 e. The highest BCUT2D eigenvalue weighted by Gasteiger charge is 2.40. The number of benzene rings is 4. The second-order valence-electron chi connectivity index (χ2n) is 9.26. The van der Waals surface area contributed by atoms with E-state index in [4.69, 9.17) is 4.98 Å². The molecule has 0 atom stereocenters. The van der Waals surface area contributed by atoms with Crippen LogP contribution in [0.4, 0.5) is 17.2 Å². The Morgan fingerprint density at radius 1 is 0.656 bits per heavy atom. The van der Waals surface area contributed by atoms with Gasteiger partial charge in [0.1, 0.15) is 5.82 Å².